The third-order valence-electron chi connectivity index (χ3n) is 1.52. The summed E-state index contributed by atoms with van der Waals surface area (Å²) in [5.74, 6) is 0. The first-order chi connectivity index (χ1) is 6.09. The largest absolute Gasteiger partial charge is 0.389 e. The number of rotatable bonds is 2. The molecule has 0 aliphatic heterocycles. The lowest BCUT2D eigenvalue weighted by atomic mass is 10.2. The van der Waals surface area contributed by atoms with Crippen molar-refractivity contribution in [3.63, 3.8) is 0 Å². The Kier molecular flexibility index (Phi) is 3.79. The number of halogens is 2. The van der Waals surface area contributed by atoms with Crippen molar-refractivity contribution in [3.8, 4) is 0 Å². The lowest BCUT2D eigenvalue weighted by Crippen LogP contribution is -1.91. The first kappa shape index (κ1) is 10.6. The van der Waals surface area contributed by atoms with Crippen molar-refractivity contribution in [3.05, 3.63) is 39.9 Å². The van der Waals surface area contributed by atoms with Gasteiger partial charge < -0.3 is 5.11 Å². The van der Waals surface area contributed by atoms with E-state index in [1.165, 1.54) is 0 Å². The van der Waals surface area contributed by atoms with Crippen LogP contribution in [0.15, 0.2) is 24.3 Å². The van der Waals surface area contributed by atoms with Gasteiger partial charge in [0.2, 0.25) is 0 Å². The molecule has 0 heterocycles. The maximum Gasteiger partial charge on any atom is 0.0696 e. The maximum absolute atomic E-state index is 9.00. The minimum atomic E-state index is -0.466. The van der Waals surface area contributed by atoms with E-state index in [2.05, 4.69) is 0 Å². The summed E-state index contributed by atoms with van der Waals surface area (Å²) in [5, 5.41) is 10.2. The van der Waals surface area contributed by atoms with E-state index in [-0.39, 0.29) is 0 Å². The Morgan fingerprint density at radius 1 is 1.38 bits per heavy atom. The van der Waals surface area contributed by atoms with Crippen molar-refractivity contribution >= 4 is 29.3 Å². The van der Waals surface area contributed by atoms with Gasteiger partial charge in [0.15, 0.2) is 0 Å². The molecule has 70 valence electrons. The Hall–Kier alpha value is -0.500. The minimum absolute atomic E-state index is 0.466. The first-order valence-electron chi connectivity index (χ1n) is 3.91. The van der Waals surface area contributed by atoms with Crippen LogP contribution in [0.2, 0.25) is 10.0 Å². The van der Waals surface area contributed by atoms with Crippen molar-refractivity contribution in [2.24, 2.45) is 0 Å². The second-order valence-electron chi connectivity index (χ2n) is 2.77. The summed E-state index contributed by atoms with van der Waals surface area (Å²) in [4.78, 5) is 0. The highest BCUT2D eigenvalue weighted by Gasteiger charge is 1.97. The molecule has 0 aliphatic carbocycles. The Morgan fingerprint density at radius 3 is 2.62 bits per heavy atom. The molecule has 13 heavy (non-hydrogen) atoms. The van der Waals surface area contributed by atoms with E-state index in [1.807, 2.05) is 6.07 Å². The van der Waals surface area contributed by atoms with Crippen LogP contribution in [0.25, 0.3) is 6.08 Å². The van der Waals surface area contributed by atoms with Crippen molar-refractivity contribution in [1.82, 2.24) is 0 Å². The average molecular weight is 217 g/mol. The molecule has 1 atom stereocenters. The van der Waals surface area contributed by atoms with Crippen LogP contribution in [-0.2, 0) is 0 Å². The van der Waals surface area contributed by atoms with Crippen LogP contribution < -0.4 is 0 Å². The molecule has 1 N–H and O–H groups in total. The maximum atomic E-state index is 9.00. The van der Waals surface area contributed by atoms with Gasteiger partial charge in [0.1, 0.15) is 0 Å². The number of hydrogen-bond donors (Lipinski definition) is 1. The minimum Gasteiger partial charge on any atom is -0.389 e. The van der Waals surface area contributed by atoms with Gasteiger partial charge in [0.05, 0.1) is 6.10 Å². The van der Waals surface area contributed by atoms with Crippen LogP contribution in [0.5, 0.6) is 0 Å². The van der Waals surface area contributed by atoms with Gasteiger partial charge in [0, 0.05) is 10.0 Å². The Bertz CT molecular complexity index is 319. The van der Waals surface area contributed by atoms with Crippen molar-refractivity contribution in [2.75, 3.05) is 0 Å². The molecule has 3 heteroatoms. The van der Waals surface area contributed by atoms with E-state index in [1.54, 1.807) is 31.2 Å². The van der Waals surface area contributed by atoms with E-state index in [4.69, 9.17) is 28.3 Å². The molecule has 0 amide bonds. The van der Waals surface area contributed by atoms with Crippen LogP contribution in [0.1, 0.15) is 12.5 Å². The van der Waals surface area contributed by atoms with E-state index in [0.29, 0.717) is 10.0 Å². The molecule has 0 aromatic heterocycles. The Balaban J connectivity index is 2.90. The van der Waals surface area contributed by atoms with Crippen molar-refractivity contribution in [1.29, 1.82) is 0 Å². The van der Waals surface area contributed by atoms with Gasteiger partial charge in [-0.15, -0.1) is 0 Å². The normalized spacial score (nSPS) is 13.5. The molecule has 1 aromatic rings. The summed E-state index contributed by atoms with van der Waals surface area (Å²) in [5.41, 5.74) is 0.854. The number of aliphatic hydroxyl groups is 1. The fraction of sp³-hybridized carbons (Fsp3) is 0.200. The lowest BCUT2D eigenvalue weighted by Gasteiger charge is -1.99. The molecule has 0 fully saturated rings. The number of hydrogen-bond acceptors (Lipinski definition) is 1. The molecule has 0 unspecified atom stereocenters. The predicted octanol–water partition coefficient (Wildman–Crippen LogP) is 3.39. The summed E-state index contributed by atoms with van der Waals surface area (Å²) in [6.07, 6.45) is 2.96. The quantitative estimate of drug-likeness (QED) is 0.804. The van der Waals surface area contributed by atoms with Crippen LogP contribution in [-0.4, -0.2) is 11.2 Å². The van der Waals surface area contributed by atoms with E-state index in [9.17, 15) is 0 Å². The number of aliphatic hydroxyl groups excluding tert-OH is 1. The molecule has 1 rings (SSSR count). The SMILES string of the molecule is C[C@H](O)/C=C/c1ccc(Cl)cc1Cl. The first-order valence-corrected chi connectivity index (χ1v) is 4.66. The van der Waals surface area contributed by atoms with Gasteiger partial charge in [-0.2, -0.15) is 0 Å². The molecule has 1 nitrogen and oxygen atoms in total. The summed E-state index contributed by atoms with van der Waals surface area (Å²) in [6.45, 7) is 1.68. The highest BCUT2D eigenvalue weighted by molar-refractivity contribution is 6.35. The molecule has 0 bridgehead atoms. The molecule has 0 radical (unpaired) electrons. The number of benzene rings is 1. The van der Waals surface area contributed by atoms with Crippen LogP contribution in [0, 0.1) is 0 Å². The molecular weight excluding hydrogens is 207 g/mol. The standard InChI is InChI=1S/C10H10Cl2O/c1-7(13)2-3-8-4-5-9(11)6-10(8)12/h2-7,13H,1H3/b3-2+/t7-/m0/s1. The predicted molar refractivity (Wildman–Crippen MR) is 57.2 cm³/mol. The summed E-state index contributed by atoms with van der Waals surface area (Å²) in [7, 11) is 0. The monoisotopic (exact) mass is 216 g/mol. The fourth-order valence-electron chi connectivity index (χ4n) is 0.880. The molecule has 1 aromatic carbocycles. The van der Waals surface area contributed by atoms with Crippen molar-refractivity contribution < 1.29 is 5.11 Å². The zero-order valence-electron chi connectivity index (χ0n) is 7.17. The van der Waals surface area contributed by atoms with Gasteiger partial charge in [-0.3, -0.25) is 0 Å². The highest BCUT2D eigenvalue weighted by Crippen LogP contribution is 2.21. The third kappa shape index (κ3) is 3.39. The summed E-state index contributed by atoms with van der Waals surface area (Å²) >= 11 is 11.6. The van der Waals surface area contributed by atoms with Crippen LogP contribution in [0.3, 0.4) is 0 Å². The third-order valence-corrected chi connectivity index (χ3v) is 2.08. The van der Waals surface area contributed by atoms with Gasteiger partial charge >= 0.3 is 0 Å². The fourth-order valence-corrected chi connectivity index (χ4v) is 1.35. The average Bonchev–Trinajstić information content (AvgIpc) is 2.02. The van der Waals surface area contributed by atoms with Crippen LogP contribution >= 0.6 is 23.2 Å². The Labute approximate surface area is 87.6 Å². The molecule has 0 saturated heterocycles. The molecule has 0 spiro atoms. The molecular formula is C10H10Cl2O. The highest BCUT2D eigenvalue weighted by atomic mass is 35.5. The van der Waals surface area contributed by atoms with E-state index in [0.717, 1.165) is 5.56 Å². The topological polar surface area (TPSA) is 20.2 Å². The van der Waals surface area contributed by atoms with E-state index < -0.39 is 6.10 Å². The summed E-state index contributed by atoms with van der Waals surface area (Å²) < 4.78 is 0. The second-order valence-corrected chi connectivity index (χ2v) is 3.61. The van der Waals surface area contributed by atoms with Gasteiger partial charge in [-0.1, -0.05) is 41.4 Å². The van der Waals surface area contributed by atoms with Gasteiger partial charge in [0.25, 0.3) is 0 Å². The Morgan fingerprint density at radius 2 is 2.08 bits per heavy atom. The van der Waals surface area contributed by atoms with Gasteiger partial charge in [-0.05, 0) is 24.6 Å². The van der Waals surface area contributed by atoms with E-state index >= 15 is 0 Å². The molecule has 0 saturated carbocycles. The zero-order valence-corrected chi connectivity index (χ0v) is 8.68. The zero-order chi connectivity index (χ0) is 9.84. The van der Waals surface area contributed by atoms with Crippen LogP contribution in [0.4, 0.5) is 0 Å². The molecule has 0 aliphatic rings. The van der Waals surface area contributed by atoms with Crippen molar-refractivity contribution in [2.45, 2.75) is 13.0 Å². The summed E-state index contributed by atoms with van der Waals surface area (Å²) in [6, 6.07) is 5.24. The smallest absolute Gasteiger partial charge is 0.0696 e. The lowest BCUT2D eigenvalue weighted by molar-refractivity contribution is 0.245. The second kappa shape index (κ2) is 4.66. The van der Waals surface area contributed by atoms with Gasteiger partial charge in [-0.25, -0.2) is 0 Å².